The normalized spacial score (nSPS) is 24.3. The van der Waals surface area contributed by atoms with Crippen LogP contribution in [0.2, 0.25) is 5.15 Å². The van der Waals surface area contributed by atoms with Crippen LogP contribution in [0.25, 0.3) is 0 Å². The van der Waals surface area contributed by atoms with Crippen LogP contribution in [0.1, 0.15) is 62.6 Å². The van der Waals surface area contributed by atoms with E-state index in [0.717, 1.165) is 5.41 Å². The van der Waals surface area contributed by atoms with Crippen LogP contribution in [0.5, 0.6) is 0 Å². The van der Waals surface area contributed by atoms with E-state index in [1.165, 1.54) is 49.8 Å². The number of aromatic nitrogens is 1. The second-order valence-electron chi connectivity index (χ2n) is 6.90. The first-order valence-corrected chi connectivity index (χ1v) is 7.64. The van der Waals surface area contributed by atoms with Crippen LogP contribution < -0.4 is 0 Å². The molecule has 1 heterocycles. The highest BCUT2D eigenvalue weighted by Gasteiger charge is 2.59. The highest BCUT2D eigenvalue weighted by Crippen LogP contribution is 2.68. The molecule has 0 amide bonds. The Morgan fingerprint density at radius 2 is 1.95 bits per heavy atom. The van der Waals surface area contributed by atoms with Gasteiger partial charge in [0.15, 0.2) is 0 Å². The zero-order chi connectivity index (χ0) is 14.4. The van der Waals surface area contributed by atoms with Gasteiger partial charge in [-0.05, 0) is 67.1 Å². The van der Waals surface area contributed by atoms with Gasteiger partial charge in [0.2, 0.25) is 0 Å². The van der Waals surface area contributed by atoms with Crippen LogP contribution in [0, 0.1) is 5.41 Å². The van der Waals surface area contributed by atoms with E-state index >= 15 is 0 Å². The summed E-state index contributed by atoms with van der Waals surface area (Å²) in [5.41, 5.74) is 3.80. The second-order valence-corrected chi connectivity index (χ2v) is 7.28. The number of nitrogens with zero attached hydrogens (tertiary/aromatic N) is 1. The maximum Gasteiger partial charge on any atom is 0.290 e. The van der Waals surface area contributed by atoms with Crippen molar-refractivity contribution in [2.75, 3.05) is 0 Å². The maximum absolute atomic E-state index is 8.36. The summed E-state index contributed by atoms with van der Waals surface area (Å²) in [6.07, 6.45) is 8.24. The van der Waals surface area contributed by atoms with Gasteiger partial charge >= 0.3 is 0 Å². The minimum atomic E-state index is -0.250. The molecule has 0 radical (unpaired) electrons. The molecule has 1 spiro atoms. The van der Waals surface area contributed by atoms with Crippen molar-refractivity contribution in [2.45, 2.75) is 56.8 Å². The quantitative estimate of drug-likeness (QED) is 0.658. The van der Waals surface area contributed by atoms with Gasteiger partial charge in [0, 0.05) is 11.6 Å². The standard InChI is InChI=1S/C15H18ClN.CH2O2/c1-14(8-15(9-14)4-5-15)11-6-12(10-2-3-10)17-13(16)7-11;2-1-3/h6-7,10H,2-5,8-9H2,1H3;1H,(H,2,3). The number of hydrogen-bond donors (Lipinski definition) is 1. The van der Waals surface area contributed by atoms with E-state index in [1.54, 1.807) is 0 Å². The second kappa shape index (κ2) is 4.73. The Labute approximate surface area is 124 Å². The Kier molecular flexibility index (Phi) is 3.28. The first-order valence-electron chi connectivity index (χ1n) is 7.26. The van der Waals surface area contributed by atoms with Crippen LogP contribution in [0.15, 0.2) is 12.1 Å². The van der Waals surface area contributed by atoms with E-state index in [1.807, 2.05) is 0 Å². The van der Waals surface area contributed by atoms with Gasteiger partial charge in [0.1, 0.15) is 5.15 Å². The highest BCUT2D eigenvalue weighted by atomic mass is 35.5. The number of halogens is 1. The van der Waals surface area contributed by atoms with Crippen molar-refractivity contribution in [1.82, 2.24) is 4.98 Å². The largest absolute Gasteiger partial charge is 0.483 e. The molecule has 3 aliphatic rings. The lowest BCUT2D eigenvalue weighted by Crippen LogP contribution is -2.39. The fourth-order valence-electron chi connectivity index (χ4n) is 3.79. The third kappa shape index (κ3) is 2.56. The summed E-state index contributed by atoms with van der Waals surface area (Å²) in [6.45, 7) is 2.15. The Morgan fingerprint density at radius 1 is 1.35 bits per heavy atom. The Balaban J connectivity index is 0.000000373. The van der Waals surface area contributed by atoms with E-state index < -0.39 is 0 Å². The van der Waals surface area contributed by atoms with Crippen LogP contribution in [-0.2, 0) is 10.2 Å². The molecule has 20 heavy (non-hydrogen) atoms. The summed E-state index contributed by atoms with van der Waals surface area (Å²) >= 11 is 6.18. The van der Waals surface area contributed by atoms with Gasteiger partial charge in [0.05, 0.1) is 0 Å². The fraction of sp³-hybridized carbons (Fsp3) is 0.625. The Morgan fingerprint density at radius 3 is 2.45 bits per heavy atom. The molecule has 0 bridgehead atoms. The van der Waals surface area contributed by atoms with Crippen molar-refractivity contribution >= 4 is 18.1 Å². The number of carbonyl (C=O) groups is 1. The minimum Gasteiger partial charge on any atom is -0.483 e. The third-order valence-corrected chi connectivity index (χ3v) is 5.19. The summed E-state index contributed by atoms with van der Waals surface area (Å²) in [4.78, 5) is 12.8. The van der Waals surface area contributed by atoms with Gasteiger partial charge in [-0.3, -0.25) is 4.79 Å². The van der Waals surface area contributed by atoms with Crippen LogP contribution in [0.4, 0.5) is 0 Å². The van der Waals surface area contributed by atoms with Crippen molar-refractivity contribution < 1.29 is 9.90 Å². The minimum absolute atomic E-state index is 0.250. The zero-order valence-corrected chi connectivity index (χ0v) is 12.5. The van der Waals surface area contributed by atoms with Gasteiger partial charge in [-0.15, -0.1) is 0 Å². The summed E-state index contributed by atoms with van der Waals surface area (Å²) in [7, 11) is 0. The average molecular weight is 294 g/mol. The predicted octanol–water partition coefficient (Wildman–Crippen LogP) is 4.14. The lowest BCUT2D eigenvalue weighted by Gasteiger charge is -2.47. The van der Waals surface area contributed by atoms with E-state index in [9.17, 15) is 0 Å². The molecule has 4 heteroatoms. The molecule has 108 valence electrons. The van der Waals surface area contributed by atoms with Crippen molar-refractivity contribution in [2.24, 2.45) is 5.41 Å². The summed E-state index contributed by atoms with van der Waals surface area (Å²) < 4.78 is 0. The fourth-order valence-corrected chi connectivity index (χ4v) is 4.01. The molecule has 3 saturated carbocycles. The van der Waals surface area contributed by atoms with Crippen molar-refractivity contribution in [3.8, 4) is 0 Å². The van der Waals surface area contributed by atoms with E-state index in [-0.39, 0.29) is 6.47 Å². The monoisotopic (exact) mass is 293 g/mol. The lowest BCUT2D eigenvalue weighted by atomic mass is 9.57. The molecule has 3 fully saturated rings. The van der Waals surface area contributed by atoms with Crippen LogP contribution >= 0.6 is 11.6 Å². The molecule has 0 aromatic carbocycles. The highest BCUT2D eigenvalue weighted by molar-refractivity contribution is 6.29. The van der Waals surface area contributed by atoms with Gasteiger partial charge in [-0.1, -0.05) is 18.5 Å². The van der Waals surface area contributed by atoms with Gasteiger partial charge in [-0.2, -0.15) is 0 Å². The average Bonchev–Trinajstić information content (AvgIpc) is 3.23. The molecular formula is C16H20ClNO2. The molecule has 3 aliphatic carbocycles. The van der Waals surface area contributed by atoms with E-state index in [0.29, 0.717) is 16.5 Å². The molecule has 0 unspecified atom stereocenters. The third-order valence-electron chi connectivity index (χ3n) is 4.99. The number of rotatable bonds is 2. The molecule has 3 nitrogen and oxygen atoms in total. The Hall–Kier alpha value is -1.09. The molecule has 1 aromatic rings. The summed E-state index contributed by atoms with van der Waals surface area (Å²) in [5.74, 6) is 0.700. The number of carboxylic acid groups (broad SMARTS) is 1. The number of pyridine rings is 1. The smallest absolute Gasteiger partial charge is 0.290 e. The topological polar surface area (TPSA) is 50.2 Å². The maximum atomic E-state index is 8.36. The van der Waals surface area contributed by atoms with E-state index in [2.05, 4.69) is 24.0 Å². The van der Waals surface area contributed by atoms with Gasteiger partial charge in [-0.25, -0.2) is 4.98 Å². The van der Waals surface area contributed by atoms with Crippen molar-refractivity contribution in [3.05, 3.63) is 28.5 Å². The van der Waals surface area contributed by atoms with Gasteiger partial charge < -0.3 is 5.11 Å². The number of hydrogen-bond acceptors (Lipinski definition) is 2. The van der Waals surface area contributed by atoms with E-state index in [4.69, 9.17) is 21.5 Å². The van der Waals surface area contributed by atoms with Gasteiger partial charge in [0.25, 0.3) is 6.47 Å². The molecule has 1 aromatic heterocycles. The summed E-state index contributed by atoms with van der Waals surface area (Å²) in [5, 5.41) is 7.59. The lowest BCUT2D eigenvalue weighted by molar-refractivity contribution is -0.122. The van der Waals surface area contributed by atoms with Crippen molar-refractivity contribution in [3.63, 3.8) is 0 Å². The molecule has 4 rings (SSSR count). The Bertz CT molecular complexity index is 527. The molecular weight excluding hydrogens is 274 g/mol. The zero-order valence-electron chi connectivity index (χ0n) is 11.7. The molecule has 0 aliphatic heterocycles. The SMILES string of the molecule is CC1(c2cc(Cl)nc(C3CC3)c2)CC2(CC2)C1.O=CO. The van der Waals surface area contributed by atoms with Crippen LogP contribution in [0.3, 0.4) is 0 Å². The molecule has 0 saturated heterocycles. The predicted molar refractivity (Wildman–Crippen MR) is 78.2 cm³/mol. The van der Waals surface area contributed by atoms with Crippen LogP contribution in [-0.4, -0.2) is 16.6 Å². The molecule has 0 atom stereocenters. The first kappa shape index (κ1) is 13.9. The van der Waals surface area contributed by atoms with Crippen molar-refractivity contribution in [1.29, 1.82) is 0 Å². The summed E-state index contributed by atoms with van der Waals surface area (Å²) in [6, 6.07) is 4.43. The first-order chi connectivity index (χ1) is 9.50. The molecule has 1 N–H and O–H groups in total.